The number of rotatable bonds is 6. The van der Waals surface area contributed by atoms with Crippen LogP contribution in [0.2, 0.25) is 0 Å². The molecule has 0 spiro atoms. The third-order valence-corrected chi connectivity index (χ3v) is 4.11. The molecule has 0 aromatic carbocycles. The lowest BCUT2D eigenvalue weighted by molar-refractivity contribution is 0.268. The van der Waals surface area contributed by atoms with Crippen molar-refractivity contribution in [1.29, 1.82) is 0 Å². The fraction of sp³-hybridized carbons (Fsp3) is 1.00. The predicted molar refractivity (Wildman–Crippen MR) is 67.4 cm³/mol. The number of nitrogens with zero attached hydrogens (tertiary/aromatic N) is 1. The van der Waals surface area contributed by atoms with E-state index in [-0.39, 0.29) is 0 Å². The first-order valence-electron chi connectivity index (χ1n) is 6.03. The van der Waals surface area contributed by atoms with Gasteiger partial charge in [0.15, 0.2) is 0 Å². The van der Waals surface area contributed by atoms with Crippen LogP contribution in [0.3, 0.4) is 0 Å². The molecule has 0 radical (unpaired) electrons. The molecule has 4 nitrogen and oxygen atoms in total. The SMILES string of the molecule is CC(C)N1CCC(NCCCS(C)(=O)=O)C1. The van der Waals surface area contributed by atoms with Crippen LogP contribution >= 0.6 is 0 Å². The fourth-order valence-corrected chi connectivity index (χ4v) is 2.73. The Morgan fingerprint density at radius 1 is 1.44 bits per heavy atom. The molecule has 96 valence electrons. The molecule has 0 saturated carbocycles. The number of hydrogen-bond donors (Lipinski definition) is 1. The Morgan fingerprint density at radius 3 is 2.62 bits per heavy atom. The first kappa shape index (κ1) is 13.9. The van der Waals surface area contributed by atoms with Crippen molar-refractivity contribution in [1.82, 2.24) is 10.2 Å². The second kappa shape index (κ2) is 5.98. The first-order valence-corrected chi connectivity index (χ1v) is 8.09. The van der Waals surface area contributed by atoms with E-state index < -0.39 is 9.84 Å². The molecule has 0 bridgehead atoms. The zero-order valence-corrected chi connectivity index (χ0v) is 11.4. The summed E-state index contributed by atoms with van der Waals surface area (Å²) < 4.78 is 21.9. The van der Waals surface area contributed by atoms with E-state index in [1.807, 2.05) is 0 Å². The summed E-state index contributed by atoms with van der Waals surface area (Å²) in [5.74, 6) is 0.292. The maximum absolute atomic E-state index is 10.9. The highest BCUT2D eigenvalue weighted by atomic mass is 32.2. The Kier molecular flexibility index (Phi) is 5.21. The molecule has 16 heavy (non-hydrogen) atoms. The number of likely N-dealkylation sites (tertiary alicyclic amines) is 1. The van der Waals surface area contributed by atoms with E-state index in [1.165, 1.54) is 12.7 Å². The van der Waals surface area contributed by atoms with Gasteiger partial charge in [0.05, 0.1) is 5.75 Å². The Balaban J connectivity index is 2.11. The Hall–Kier alpha value is -0.130. The zero-order valence-electron chi connectivity index (χ0n) is 10.6. The van der Waals surface area contributed by atoms with Crippen molar-refractivity contribution in [2.45, 2.75) is 38.8 Å². The van der Waals surface area contributed by atoms with E-state index in [0.717, 1.165) is 26.1 Å². The van der Waals surface area contributed by atoms with Gasteiger partial charge in [-0.25, -0.2) is 8.42 Å². The summed E-state index contributed by atoms with van der Waals surface area (Å²) in [6, 6.07) is 1.16. The largest absolute Gasteiger partial charge is 0.313 e. The first-order chi connectivity index (χ1) is 7.38. The molecule has 5 heteroatoms. The quantitative estimate of drug-likeness (QED) is 0.695. The van der Waals surface area contributed by atoms with Crippen molar-refractivity contribution in [2.75, 3.05) is 31.6 Å². The molecule has 0 amide bonds. The van der Waals surface area contributed by atoms with Crippen molar-refractivity contribution >= 4 is 9.84 Å². The summed E-state index contributed by atoms with van der Waals surface area (Å²) >= 11 is 0. The average molecular weight is 248 g/mol. The van der Waals surface area contributed by atoms with Crippen LogP contribution in [0, 0.1) is 0 Å². The number of sulfone groups is 1. The molecular weight excluding hydrogens is 224 g/mol. The highest BCUT2D eigenvalue weighted by Gasteiger charge is 2.23. The average Bonchev–Trinajstić information content (AvgIpc) is 2.59. The normalized spacial score (nSPS) is 23.1. The summed E-state index contributed by atoms with van der Waals surface area (Å²) in [5.41, 5.74) is 0. The van der Waals surface area contributed by atoms with Crippen molar-refractivity contribution in [2.24, 2.45) is 0 Å². The molecule has 1 atom stereocenters. The molecule has 1 rings (SSSR count). The lowest BCUT2D eigenvalue weighted by Crippen LogP contribution is -2.35. The minimum absolute atomic E-state index is 0.292. The van der Waals surface area contributed by atoms with E-state index >= 15 is 0 Å². The van der Waals surface area contributed by atoms with Crippen LogP contribution < -0.4 is 5.32 Å². The van der Waals surface area contributed by atoms with Crippen molar-refractivity contribution in [3.63, 3.8) is 0 Å². The minimum atomic E-state index is -2.79. The van der Waals surface area contributed by atoms with E-state index in [0.29, 0.717) is 17.8 Å². The van der Waals surface area contributed by atoms with Gasteiger partial charge in [-0.1, -0.05) is 0 Å². The molecule has 1 N–H and O–H groups in total. The summed E-state index contributed by atoms with van der Waals surface area (Å²) in [6.07, 6.45) is 3.19. The Morgan fingerprint density at radius 2 is 2.12 bits per heavy atom. The van der Waals surface area contributed by atoms with Gasteiger partial charge in [0.1, 0.15) is 9.84 Å². The predicted octanol–water partition coefficient (Wildman–Crippen LogP) is 0.493. The third-order valence-electron chi connectivity index (χ3n) is 3.07. The number of nitrogens with one attached hydrogen (secondary N) is 1. The van der Waals surface area contributed by atoms with E-state index in [4.69, 9.17) is 0 Å². The van der Waals surface area contributed by atoms with Crippen molar-refractivity contribution in [3.8, 4) is 0 Å². The molecule has 1 unspecified atom stereocenters. The van der Waals surface area contributed by atoms with Gasteiger partial charge in [-0.05, 0) is 39.8 Å². The fourth-order valence-electron chi connectivity index (χ4n) is 2.06. The van der Waals surface area contributed by atoms with Crippen LogP contribution in [0.5, 0.6) is 0 Å². The van der Waals surface area contributed by atoms with Gasteiger partial charge in [0.2, 0.25) is 0 Å². The highest BCUT2D eigenvalue weighted by molar-refractivity contribution is 7.90. The van der Waals surface area contributed by atoms with Crippen molar-refractivity contribution in [3.05, 3.63) is 0 Å². The maximum atomic E-state index is 10.9. The zero-order chi connectivity index (χ0) is 12.2. The molecule has 0 aliphatic carbocycles. The van der Waals surface area contributed by atoms with E-state index in [9.17, 15) is 8.42 Å². The molecule has 1 heterocycles. The van der Waals surface area contributed by atoms with Crippen LogP contribution in [0.25, 0.3) is 0 Å². The summed E-state index contributed by atoms with van der Waals surface area (Å²) in [6.45, 7) is 7.49. The van der Waals surface area contributed by atoms with E-state index in [2.05, 4.69) is 24.1 Å². The van der Waals surface area contributed by atoms with Crippen LogP contribution in [0.1, 0.15) is 26.7 Å². The molecule has 1 aliphatic heterocycles. The Bertz CT molecular complexity index is 301. The van der Waals surface area contributed by atoms with Gasteiger partial charge in [-0.15, -0.1) is 0 Å². The Labute approximate surface area is 99.3 Å². The van der Waals surface area contributed by atoms with Gasteiger partial charge >= 0.3 is 0 Å². The summed E-state index contributed by atoms with van der Waals surface area (Å²) in [5, 5.41) is 3.43. The van der Waals surface area contributed by atoms with Crippen LogP contribution in [0.4, 0.5) is 0 Å². The lowest BCUT2D eigenvalue weighted by Gasteiger charge is -2.20. The smallest absolute Gasteiger partial charge is 0.147 e. The van der Waals surface area contributed by atoms with E-state index in [1.54, 1.807) is 0 Å². The lowest BCUT2D eigenvalue weighted by atomic mass is 10.2. The van der Waals surface area contributed by atoms with Gasteiger partial charge in [0, 0.05) is 24.9 Å². The third kappa shape index (κ3) is 5.27. The molecule has 1 saturated heterocycles. The minimum Gasteiger partial charge on any atom is -0.313 e. The summed E-state index contributed by atoms with van der Waals surface area (Å²) in [4.78, 5) is 2.45. The van der Waals surface area contributed by atoms with Gasteiger partial charge in [0.25, 0.3) is 0 Å². The topological polar surface area (TPSA) is 49.4 Å². The van der Waals surface area contributed by atoms with Gasteiger partial charge < -0.3 is 5.32 Å². The van der Waals surface area contributed by atoms with Crippen LogP contribution in [0.15, 0.2) is 0 Å². The maximum Gasteiger partial charge on any atom is 0.147 e. The van der Waals surface area contributed by atoms with Crippen LogP contribution in [-0.4, -0.2) is 57.0 Å². The second-order valence-corrected chi connectivity index (χ2v) is 7.27. The molecule has 1 aliphatic rings. The highest BCUT2D eigenvalue weighted by Crippen LogP contribution is 2.12. The second-order valence-electron chi connectivity index (χ2n) is 5.01. The van der Waals surface area contributed by atoms with Crippen molar-refractivity contribution < 1.29 is 8.42 Å². The molecular formula is C11H24N2O2S. The molecule has 0 aromatic rings. The van der Waals surface area contributed by atoms with Crippen LogP contribution in [-0.2, 0) is 9.84 Å². The van der Waals surface area contributed by atoms with Gasteiger partial charge in [-0.3, -0.25) is 4.90 Å². The monoisotopic (exact) mass is 248 g/mol. The molecule has 1 fully saturated rings. The standard InChI is InChI=1S/C11H24N2O2S/c1-10(2)13-7-5-11(9-13)12-6-4-8-16(3,14)15/h10-12H,4-9H2,1-3H3. The number of hydrogen-bond acceptors (Lipinski definition) is 4. The molecule has 0 aromatic heterocycles. The van der Waals surface area contributed by atoms with Gasteiger partial charge in [-0.2, -0.15) is 0 Å². The summed E-state index contributed by atoms with van der Waals surface area (Å²) in [7, 11) is -2.79.